The molecule has 204 valence electrons. The van der Waals surface area contributed by atoms with Gasteiger partial charge in [-0.05, 0) is 42.7 Å². The molecule has 7 nitrogen and oxygen atoms in total. The summed E-state index contributed by atoms with van der Waals surface area (Å²) in [6, 6.07) is 16.7. The van der Waals surface area contributed by atoms with Gasteiger partial charge in [-0.2, -0.15) is 0 Å². The number of carbonyl (C=O) groups excluding carboxylic acids is 1. The molecule has 2 aromatic carbocycles. The summed E-state index contributed by atoms with van der Waals surface area (Å²) in [6.45, 7) is 4.97. The fraction of sp³-hybridized carbons (Fsp3) is 0.323. The molecule has 0 saturated carbocycles. The van der Waals surface area contributed by atoms with E-state index in [-0.39, 0.29) is 18.8 Å². The number of hydrogen-bond acceptors (Lipinski definition) is 7. The maximum absolute atomic E-state index is 13.7. The molecule has 0 spiro atoms. The molecule has 1 atom stereocenters. The number of nitrogens with zero attached hydrogens (tertiary/aromatic N) is 2. The molecule has 0 bridgehead atoms. The van der Waals surface area contributed by atoms with Crippen molar-refractivity contribution < 1.29 is 19.0 Å². The highest BCUT2D eigenvalue weighted by Crippen LogP contribution is 2.31. The summed E-state index contributed by atoms with van der Waals surface area (Å²) < 4.78 is 18.5. The van der Waals surface area contributed by atoms with Crippen LogP contribution in [0.1, 0.15) is 50.3 Å². The topological polar surface area (TPSA) is 79.1 Å². The van der Waals surface area contributed by atoms with E-state index in [9.17, 15) is 9.59 Å². The molecular formula is C31H34N2O5S. The van der Waals surface area contributed by atoms with Gasteiger partial charge in [0.25, 0.3) is 5.56 Å². The number of hydrogen-bond donors (Lipinski definition) is 0. The molecule has 1 aliphatic rings. The monoisotopic (exact) mass is 546 g/mol. The van der Waals surface area contributed by atoms with E-state index in [1.807, 2.05) is 66.7 Å². The summed E-state index contributed by atoms with van der Waals surface area (Å²) in [6.07, 6.45) is 8.83. The molecule has 0 N–H and O–H groups in total. The van der Waals surface area contributed by atoms with Gasteiger partial charge in [-0.3, -0.25) is 9.36 Å². The zero-order valence-electron chi connectivity index (χ0n) is 22.6. The van der Waals surface area contributed by atoms with Gasteiger partial charge < -0.3 is 14.2 Å². The number of methoxy groups -OCH3 is 1. The molecule has 0 fully saturated rings. The van der Waals surface area contributed by atoms with Crippen LogP contribution in [-0.4, -0.2) is 37.5 Å². The van der Waals surface area contributed by atoms with Gasteiger partial charge >= 0.3 is 5.97 Å². The number of rotatable bonds is 12. The third kappa shape index (κ3) is 7.02. The van der Waals surface area contributed by atoms with E-state index in [0.717, 1.165) is 36.1 Å². The molecule has 39 heavy (non-hydrogen) atoms. The first-order valence-electron chi connectivity index (χ1n) is 13.2. The maximum atomic E-state index is 13.7. The van der Waals surface area contributed by atoms with Crippen molar-refractivity contribution in [1.82, 2.24) is 4.57 Å². The highest BCUT2D eigenvalue weighted by Gasteiger charge is 2.33. The lowest BCUT2D eigenvalue weighted by atomic mass is 9.96. The zero-order valence-corrected chi connectivity index (χ0v) is 23.4. The second-order valence-electron chi connectivity index (χ2n) is 9.13. The van der Waals surface area contributed by atoms with E-state index in [1.54, 1.807) is 24.7 Å². The molecule has 1 unspecified atom stereocenters. The Morgan fingerprint density at radius 3 is 2.54 bits per heavy atom. The lowest BCUT2D eigenvalue weighted by Gasteiger charge is -2.25. The smallest absolute Gasteiger partial charge is 0.338 e. The largest absolute Gasteiger partial charge is 0.494 e. The normalized spacial score (nSPS) is 15.4. The molecule has 8 heteroatoms. The Morgan fingerprint density at radius 1 is 1.05 bits per heavy atom. The van der Waals surface area contributed by atoms with Gasteiger partial charge in [0, 0.05) is 7.11 Å². The van der Waals surface area contributed by atoms with Crippen LogP contribution < -0.4 is 19.6 Å². The molecule has 4 rings (SSSR count). The Balaban J connectivity index is 1.72. The van der Waals surface area contributed by atoms with Crippen molar-refractivity contribution in [3.8, 4) is 5.75 Å². The van der Waals surface area contributed by atoms with Gasteiger partial charge in [0.15, 0.2) is 4.80 Å². The molecule has 0 radical (unpaired) electrons. The minimum Gasteiger partial charge on any atom is -0.494 e. The maximum Gasteiger partial charge on any atom is 0.338 e. The Kier molecular flexibility index (Phi) is 10.1. The molecule has 2 heterocycles. The van der Waals surface area contributed by atoms with Crippen LogP contribution in [0.5, 0.6) is 5.75 Å². The molecule has 3 aromatic rings. The average Bonchev–Trinajstić information content (AvgIpc) is 3.25. The SMILES string of the molecule is CCCCCOc1ccc(C2C(C(=O)OCCOC)=C(C)N=c3s/c(=C\C=C\c4ccccc4)c(=O)n32)cc1. The van der Waals surface area contributed by atoms with Gasteiger partial charge in [-0.15, -0.1) is 0 Å². The van der Waals surface area contributed by atoms with E-state index in [2.05, 4.69) is 11.9 Å². The van der Waals surface area contributed by atoms with Crippen molar-refractivity contribution in [3.05, 3.63) is 103 Å². The summed E-state index contributed by atoms with van der Waals surface area (Å²) in [7, 11) is 1.55. The number of fused-ring (bicyclic) bond motifs is 1. The van der Waals surface area contributed by atoms with Crippen LogP contribution in [0, 0.1) is 0 Å². The number of aromatic nitrogens is 1. The highest BCUT2D eigenvalue weighted by atomic mass is 32.1. The number of unbranched alkanes of at least 4 members (excludes halogenated alkanes) is 2. The Hall–Kier alpha value is -3.75. The van der Waals surface area contributed by atoms with Crippen LogP contribution in [0.3, 0.4) is 0 Å². The number of thiazole rings is 1. The van der Waals surface area contributed by atoms with Crippen molar-refractivity contribution in [3.63, 3.8) is 0 Å². The lowest BCUT2D eigenvalue weighted by Crippen LogP contribution is -2.40. The Labute approximate surface area is 232 Å². The fourth-order valence-electron chi connectivity index (χ4n) is 4.31. The number of benzene rings is 2. The summed E-state index contributed by atoms with van der Waals surface area (Å²) in [4.78, 5) is 32.1. The second kappa shape index (κ2) is 13.9. The molecule has 0 saturated heterocycles. The quantitative estimate of drug-likeness (QED) is 0.244. The Bertz CT molecular complexity index is 1500. The minimum atomic E-state index is -0.675. The minimum absolute atomic E-state index is 0.109. The van der Waals surface area contributed by atoms with Gasteiger partial charge in [0.2, 0.25) is 0 Å². The van der Waals surface area contributed by atoms with Crippen molar-refractivity contribution in [1.29, 1.82) is 0 Å². The number of carbonyl (C=O) groups is 1. The predicted molar refractivity (Wildman–Crippen MR) is 154 cm³/mol. The van der Waals surface area contributed by atoms with E-state index in [0.29, 0.717) is 27.2 Å². The lowest BCUT2D eigenvalue weighted by molar-refractivity contribution is -0.140. The van der Waals surface area contributed by atoms with Crippen LogP contribution in [0.2, 0.25) is 0 Å². The van der Waals surface area contributed by atoms with E-state index in [1.165, 1.54) is 11.3 Å². The van der Waals surface area contributed by atoms with Gasteiger partial charge in [0.05, 0.1) is 35.1 Å². The van der Waals surface area contributed by atoms with Crippen LogP contribution >= 0.6 is 11.3 Å². The standard InChI is InChI=1S/C31H34N2O5S/c1-4-5-9-19-37-25-17-15-24(16-18-25)28-27(30(35)38-21-20-36-3)22(2)32-31-33(28)29(34)26(39-31)14-10-13-23-11-7-6-8-12-23/h6-8,10-18,28H,4-5,9,19-21H2,1-3H3/b13-10+,26-14-. The first-order chi connectivity index (χ1) is 19.0. The summed E-state index contributed by atoms with van der Waals surface area (Å²) >= 11 is 1.30. The fourth-order valence-corrected chi connectivity index (χ4v) is 5.31. The van der Waals surface area contributed by atoms with Crippen LogP contribution in [0.15, 0.2) is 81.7 Å². The van der Waals surface area contributed by atoms with Gasteiger partial charge in [-0.1, -0.05) is 85.7 Å². The van der Waals surface area contributed by atoms with Crippen LogP contribution in [0.25, 0.3) is 12.2 Å². The summed E-state index contributed by atoms with van der Waals surface area (Å²) in [5, 5.41) is 0. The predicted octanol–water partition coefficient (Wildman–Crippen LogP) is 4.66. The first kappa shape index (κ1) is 28.3. The number of ether oxygens (including phenoxy) is 3. The summed E-state index contributed by atoms with van der Waals surface area (Å²) in [5.41, 5.74) is 2.46. The molecule has 0 aliphatic carbocycles. The highest BCUT2D eigenvalue weighted by molar-refractivity contribution is 7.07. The molecule has 1 aromatic heterocycles. The van der Waals surface area contributed by atoms with E-state index >= 15 is 0 Å². The third-order valence-corrected chi connectivity index (χ3v) is 7.31. The van der Waals surface area contributed by atoms with Crippen LogP contribution in [0.4, 0.5) is 0 Å². The summed E-state index contributed by atoms with van der Waals surface area (Å²) in [5.74, 6) is 0.231. The number of esters is 1. The Morgan fingerprint density at radius 2 is 1.82 bits per heavy atom. The molecular weight excluding hydrogens is 512 g/mol. The number of allylic oxidation sites excluding steroid dienone is 2. The molecule has 0 amide bonds. The van der Waals surface area contributed by atoms with Crippen LogP contribution in [-0.2, 0) is 14.3 Å². The third-order valence-electron chi connectivity index (χ3n) is 6.31. The van der Waals surface area contributed by atoms with Gasteiger partial charge in [-0.25, -0.2) is 9.79 Å². The van der Waals surface area contributed by atoms with Crippen molar-refractivity contribution in [2.75, 3.05) is 26.9 Å². The van der Waals surface area contributed by atoms with E-state index < -0.39 is 12.0 Å². The average molecular weight is 547 g/mol. The molecule has 1 aliphatic heterocycles. The van der Waals surface area contributed by atoms with Crippen molar-refractivity contribution >= 4 is 29.5 Å². The second-order valence-corrected chi connectivity index (χ2v) is 10.1. The van der Waals surface area contributed by atoms with Gasteiger partial charge in [0.1, 0.15) is 12.4 Å². The van der Waals surface area contributed by atoms with Crippen molar-refractivity contribution in [2.24, 2.45) is 4.99 Å². The zero-order chi connectivity index (χ0) is 27.6. The first-order valence-corrected chi connectivity index (χ1v) is 14.0. The van der Waals surface area contributed by atoms with E-state index in [4.69, 9.17) is 14.2 Å². The van der Waals surface area contributed by atoms with Crippen molar-refractivity contribution in [2.45, 2.75) is 39.2 Å².